The number of anilines is 1. The quantitative estimate of drug-likeness (QED) is 0.473. The first-order valence-corrected chi connectivity index (χ1v) is 9.75. The summed E-state index contributed by atoms with van der Waals surface area (Å²) in [6.45, 7) is 1.37. The third-order valence-corrected chi connectivity index (χ3v) is 4.87. The largest absolute Gasteiger partial charge is 0.493 e. The van der Waals surface area contributed by atoms with Crippen LogP contribution in [0.5, 0.6) is 11.5 Å². The van der Waals surface area contributed by atoms with E-state index < -0.39 is 29.9 Å². The first kappa shape index (κ1) is 22.0. The van der Waals surface area contributed by atoms with Crippen LogP contribution in [0, 0.1) is 0 Å². The number of hydrogen-bond donors (Lipinski definition) is 2. The summed E-state index contributed by atoms with van der Waals surface area (Å²) in [5.41, 5.74) is 0.459. The number of methoxy groups -OCH3 is 1. The van der Waals surface area contributed by atoms with Crippen molar-refractivity contribution in [3.05, 3.63) is 58.1 Å². The number of amides is 4. The van der Waals surface area contributed by atoms with E-state index in [0.717, 1.165) is 9.37 Å². The molecule has 1 fully saturated rings. The van der Waals surface area contributed by atoms with Crippen molar-refractivity contribution in [3.8, 4) is 11.5 Å². The number of ether oxygens (including phenoxy) is 2. The number of carbonyl (C=O) groups excluding carboxylic acids is 3. The Kier molecular flexibility index (Phi) is 6.40. The van der Waals surface area contributed by atoms with E-state index in [1.807, 2.05) is 0 Å². The van der Waals surface area contributed by atoms with Crippen LogP contribution < -0.4 is 19.7 Å². The van der Waals surface area contributed by atoms with Gasteiger partial charge in [-0.15, -0.1) is 0 Å². The molecule has 0 bridgehead atoms. The van der Waals surface area contributed by atoms with E-state index in [0.29, 0.717) is 11.3 Å². The van der Waals surface area contributed by atoms with Crippen LogP contribution in [0.2, 0.25) is 0 Å². The third-order valence-electron chi connectivity index (χ3n) is 4.34. The minimum Gasteiger partial charge on any atom is -0.493 e. The van der Waals surface area contributed by atoms with Gasteiger partial charge in [0.15, 0.2) is 17.6 Å². The lowest BCUT2D eigenvalue weighted by Gasteiger charge is -2.26. The predicted octanol–water partition coefficient (Wildman–Crippen LogP) is 2.98. The lowest BCUT2D eigenvalue weighted by Crippen LogP contribution is -2.54. The normalized spacial score (nSPS) is 16.2. The van der Waals surface area contributed by atoms with Crippen LogP contribution in [-0.2, 0) is 14.4 Å². The number of aliphatic carboxylic acids is 1. The highest BCUT2D eigenvalue weighted by Crippen LogP contribution is 2.31. The first-order chi connectivity index (χ1) is 14.7. The molecule has 3 rings (SSSR count). The summed E-state index contributed by atoms with van der Waals surface area (Å²) in [6, 6.07) is 10.1. The second-order valence-electron chi connectivity index (χ2n) is 6.44. The van der Waals surface area contributed by atoms with Crippen molar-refractivity contribution in [3.63, 3.8) is 0 Å². The maximum atomic E-state index is 12.9. The SMILES string of the molecule is COc1cc(/C=C2\C(=O)NC(=O)N(c3ccc(Br)cc3)C2=O)ccc1O[C@@H](C)C(=O)O. The molecule has 1 atom stereocenters. The van der Waals surface area contributed by atoms with Crippen LogP contribution >= 0.6 is 15.9 Å². The Bertz CT molecular complexity index is 1100. The highest BCUT2D eigenvalue weighted by atomic mass is 79.9. The Morgan fingerprint density at radius 3 is 2.42 bits per heavy atom. The number of carboxylic acid groups (broad SMARTS) is 1. The smallest absolute Gasteiger partial charge is 0.344 e. The number of nitrogens with zero attached hydrogens (tertiary/aromatic N) is 1. The van der Waals surface area contributed by atoms with Crippen molar-refractivity contribution in [2.24, 2.45) is 0 Å². The van der Waals surface area contributed by atoms with E-state index in [4.69, 9.17) is 14.6 Å². The topological polar surface area (TPSA) is 122 Å². The molecule has 31 heavy (non-hydrogen) atoms. The van der Waals surface area contributed by atoms with Gasteiger partial charge in [-0.05, 0) is 55.0 Å². The number of barbiturate groups is 1. The molecule has 0 aliphatic carbocycles. The highest BCUT2D eigenvalue weighted by molar-refractivity contribution is 9.10. The number of nitrogens with one attached hydrogen (secondary N) is 1. The third kappa shape index (κ3) is 4.75. The van der Waals surface area contributed by atoms with Crippen molar-refractivity contribution < 1.29 is 33.8 Å². The average Bonchev–Trinajstić information content (AvgIpc) is 2.73. The van der Waals surface area contributed by atoms with Crippen LogP contribution in [0.25, 0.3) is 6.08 Å². The molecule has 1 heterocycles. The Labute approximate surface area is 185 Å². The highest BCUT2D eigenvalue weighted by Gasteiger charge is 2.36. The minimum absolute atomic E-state index is 0.186. The van der Waals surface area contributed by atoms with Crippen molar-refractivity contribution in [2.45, 2.75) is 13.0 Å². The number of halogens is 1. The van der Waals surface area contributed by atoms with Crippen LogP contribution in [0.15, 0.2) is 52.5 Å². The van der Waals surface area contributed by atoms with Gasteiger partial charge in [-0.3, -0.25) is 14.9 Å². The number of benzene rings is 2. The van der Waals surface area contributed by atoms with E-state index in [1.165, 1.54) is 38.3 Å². The van der Waals surface area contributed by atoms with Gasteiger partial charge in [0.1, 0.15) is 5.57 Å². The van der Waals surface area contributed by atoms with Crippen molar-refractivity contribution in [2.75, 3.05) is 12.0 Å². The molecule has 1 saturated heterocycles. The molecule has 0 unspecified atom stereocenters. The number of carbonyl (C=O) groups is 4. The molecule has 0 spiro atoms. The second-order valence-corrected chi connectivity index (χ2v) is 7.36. The van der Waals surface area contributed by atoms with Gasteiger partial charge < -0.3 is 14.6 Å². The fourth-order valence-electron chi connectivity index (χ4n) is 2.76. The molecule has 0 radical (unpaired) electrons. The van der Waals surface area contributed by atoms with Gasteiger partial charge in [0.05, 0.1) is 12.8 Å². The van der Waals surface area contributed by atoms with E-state index in [1.54, 1.807) is 24.3 Å². The maximum absolute atomic E-state index is 12.9. The molecule has 9 nitrogen and oxygen atoms in total. The molecular formula is C21H17BrN2O7. The lowest BCUT2D eigenvalue weighted by atomic mass is 10.1. The molecule has 4 amide bonds. The lowest BCUT2D eigenvalue weighted by molar-refractivity contribution is -0.144. The molecule has 10 heteroatoms. The fraction of sp³-hybridized carbons (Fsp3) is 0.143. The zero-order valence-electron chi connectivity index (χ0n) is 16.4. The van der Waals surface area contributed by atoms with Gasteiger partial charge in [0, 0.05) is 4.47 Å². The Balaban J connectivity index is 1.94. The van der Waals surface area contributed by atoms with Crippen LogP contribution in [-0.4, -0.2) is 42.1 Å². The number of rotatable bonds is 6. The zero-order chi connectivity index (χ0) is 22.7. The molecule has 1 aliphatic rings. The Hall–Kier alpha value is -3.66. The fourth-order valence-corrected chi connectivity index (χ4v) is 3.03. The Morgan fingerprint density at radius 2 is 1.81 bits per heavy atom. The van der Waals surface area contributed by atoms with Gasteiger partial charge in [0.2, 0.25) is 0 Å². The molecule has 2 N–H and O–H groups in total. The zero-order valence-corrected chi connectivity index (χ0v) is 18.0. The van der Waals surface area contributed by atoms with Crippen LogP contribution in [0.3, 0.4) is 0 Å². The molecule has 1 aliphatic heterocycles. The predicted molar refractivity (Wildman–Crippen MR) is 114 cm³/mol. The van der Waals surface area contributed by atoms with E-state index >= 15 is 0 Å². The van der Waals surface area contributed by atoms with E-state index in [9.17, 15) is 19.2 Å². The van der Waals surface area contributed by atoms with Gasteiger partial charge in [-0.2, -0.15) is 0 Å². The average molecular weight is 489 g/mol. The van der Waals surface area contributed by atoms with E-state index in [-0.39, 0.29) is 17.1 Å². The maximum Gasteiger partial charge on any atom is 0.344 e. The van der Waals surface area contributed by atoms with Gasteiger partial charge >= 0.3 is 12.0 Å². The summed E-state index contributed by atoms with van der Waals surface area (Å²) in [5.74, 6) is -2.36. The summed E-state index contributed by atoms with van der Waals surface area (Å²) < 4.78 is 11.3. The summed E-state index contributed by atoms with van der Waals surface area (Å²) in [5, 5.41) is 11.1. The van der Waals surface area contributed by atoms with Gasteiger partial charge in [0.25, 0.3) is 11.8 Å². The van der Waals surface area contributed by atoms with Crippen molar-refractivity contribution >= 4 is 51.5 Å². The minimum atomic E-state index is -1.14. The Morgan fingerprint density at radius 1 is 1.13 bits per heavy atom. The first-order valence-electron chi connectivity index (χ1n) is 8.95. The van der Waals surface area contributed by atoms with E-state index in [2.05, 4.69) is 21.2 Å². The number of urea groups is 1. The standard InChI is InChI=1S/C21H17BrN2O7/c1-11(20(27)28)31-16-8-3-12(10-17(16)30-2)9-15-18(25)23-21(29)24(19(15)26)14-6-4-13(22)5-7-14/h3-11H,1-2H3,(H,27,28)(H,23,25,29)/b15-9+/t11-/m0/s1. The summed E-state index contributed by atoms with van der Waals surface area (Å²) in [6.07, 6.45) is 0.206. The summed E-state index contributed by atoms with van der Waals surface area (Å²) in [7, 11) is 1.37. The molecular weight excluding hydrogens is 472 g/mol. The summed E-state index contributed by atoms with van der Waals surface area (Å²) >= 11 is 3.28. The van der Waals surface area contributed by atoms with Crippen molar-refractivity contribution in [1.82, 2.24) is 5.32 Å². The monoisotopic (exact) mass is 488 g/mol. The van der Waals surface area contributed by atoms with Crippen LogP contribution in [0.4, 0.5) is 10.5 Å². The molecule has 0 aromatic heterocycles. The molecule has 2 aromatic rings. The van der Waals surface area contributed by atoms with Crippen molar-refractivity contribution in [1.29, 1.82) is 0 Å². The van der Waals surface area contributed by atoms with Gasteiger partial charge in [-0.25, -0.2) is 14.5 Å². The number of imide groups is 2. The number of carboxylic acids is 1. The molecule has 0 saturated carbocycles. The summed E-state index contributed by atoms with van der Waals surface area (Å²) in [4.78, 5) is 49.4. The number of hydrogen-bond acceptors (Lipinski definition) is 6. The van der Waals surface area contributed by atoms with Gasteiger partial charge in [-0.1, -0.05) is 22.0 Å². The molecule has 2 aromatic carbocycles. The second kappa shape index (κ2) is 9.00. The van der Waals surface area contributed by atoms with Crippen LogP contribution in [0.1, 0.15) is 12.5 Å². The molecule has 160 valence electrons.